The molecule has 30 heavy (non-hydrogen) atoms. The summed E-state index contributed by atoms with van der Waals surface area (Å²) in [5.41, 5.74) is 0.418. The summed E-state index contributed by atoms with van der Waals surface area (Å²) < 4.78 is 45.3. The van der Waals surface area contributed by atoms with Crippen LogP contribution >= 0.6 is 0 Å². The van der Waals surface area contributed by atoms with Crippen LogP contribution in [0, 0.1) is 5.82 Å². The largest absolute Gasteiger partial charge is 0.465 e. The quantitative estimate of drug-likeness (QED) is 0.584. The number of carbonyl (C=O) groups excluding carboxylic acids is 2. The fraction of sp³-hybridized carbons (Fsp3) is 0.0476. The number of nitrogens with one attached hydrogen (secondary N) is 2. The van der Waals surface area contributed by atoms with Crippen LogP contribution in [-0.4, -0.2) is 27.4 Å². The Labute approximate surface area is 172 Å². The molecular weight excluding hydrogens is 411 g/mol. The van der Waals surface area contributed by atoms with E-state index in [0.717, 1.165) is 24.3 Å². The molecule has 154 valence electrons. The highest BCUT2D eigenvalue weighted by atomic mass is 32.2. The second-order valence-corrected chi connectivity index (χ2v) is 7.78. The normalized spacial score (nSPS) is 10.9. The molecule has 0 aromatic heterocycles. The van der Waals surface area contributed by atoms with Crippen molar-refractivity contribution in [3.05, 3.63) is 89.7 Å². The molecule has 0 saturated heterocycles. The Kier molecular flexibility index (Phi) is 6.12. The van der Waals surface area contributed by atoms with Gasteiger partial charge in [-0.1, -0.05) is 24.3 Å². The van der Waals surface area contributed by atoms with Gasteiger partial charge in [0.05, 0.1) is 34.5 Å². The van der Waals surface area contributed by atoms with Crippen molar-refractivity contribution < 1.29 is 27.1 Å². The molecule has 3 aromatic carbocycles. The number of anilines is 2. The number of esters is 1. The van der Waals surface area contributed by atoms with Crippen molar-refractivity contribution in [2.75, 3.05) is 17.1 Å². The molecule has 0 heterocycles. The Hall–Kier alpha value is -3.72. The maximum absolute atomic E-state index is 13.1. The maximum Gasteiger partial charge on any atom is 0.339 e. The molecular formula is C21H17FN2O5S. The fourth-order valence-corrected chi connectivity index (χ4v) is 3.74. The molecule has 0 aliphatic carbocycles. The minimum atomic E-state index is -4.06. The molecule has 0 saturated carbocycles. The molecule has 7 nitrogen and oxygen atoms in total. The summed E-state index contributed by atoms with van der Waals surface area (Å²) >= 11 is 0. The molecule has 2 N–H and O–H groups in total. The zero-order valence-corrected chi connectivity index (χ0v) is 16.6. The van der Waals surface area contributed by atoms with Gasteiger partial charge in [0.2, 0.25) is 0 Å². The third-order valence-electron chi connectivity index (χ3n) is 4.12. The van der Waals surface area contributed by atoms with Crippen LogP contribution in [-0.2, 0) is 14.8 Å². The Balaban J connectivity index is 1.90. The van der Waals surface area contributed by atoms with Gasteiger partial charge in [-0.15, -0.1) is 0 Å². The van der Waals surface area contributed by atoms with Crippen LogP contribution in [0.2, 0.25) is 0 Å². The van der Waals surface area contributed by atoms with Crippen molar-refractivity contribution in [3.63, 3.8) is 0 Å². The maximum atomic E-state index is 13.1. The van der Waals surface area contributed by atoms with Gasteiger partial charge in [-0.2, -0.15) is 0 Å². The van der Waals surface area contributed by atoms with E-state index in [1.807, 2.05) is 0 Å². The van der Waals surface area contributed by atoms with Gasteiger partial charge < -0.3 is 10.1 Å². The number of rotatable bonds is 6. The Bertz CT molecular complexity index is 1190. The molecule has 0 aliphatic rings. The number of benzene rings is 3. The molecule has 0 bridgehead atoms. The number of carbonyl (C=O) groups is 2. The van der Waals surface area contributed by atoms with E-state index >= 15 is 0 Å². The monoisotopic (exact) mass is 428 g/mol. The van der Waals surface area contributed by atoms with E-state index in [1.54, 1.807) is 24.3 Å². The molecule has 0 aliphatic heterocycles. The number of halogens is 1. The van der Waals surface area contributed by atoms with Gasteiger partial charge >= 0.3 is 5.97 Å². The highest BCUT2D eigenvalue weighted by molar-refractivity contribution is 7.92. The minimum absolute atomic E-state index is 0.0230. The van der Waals surface area contributed by atoms with Gasteiger partial charge in [0, 0.05) is 0 Å². The summed E-state index contributed by atoms with van der Waals surface area (Å²) in [5, 5.41) is 2.59. The number of para-hydroxylation sites is 2. The first kappa shape index (κ1) is 21.0. The highest BCUT2D eigenvalue weighted by Crippen LogP contribution is 2.23. The lowest BCUT2D eigenvalue weighted by molar-refractivity contribution is 0.0602. The Morgan fingerprint density at radius 2 is 1.40 bits per heavy atom. The third kappa shape index (κ3) is 4.64. The molecule has 9 heteroatoms. The number of hydrogen-bond acceptors (Lipinski definition) is 5. The topological polar surface area (TPSA) is 102 Å². The summed E-state index contributed by atoms with van der Waals surface area (Å²) in [6.45, 7) is 0. The molecule has 0 atom stereocenters. The summed E-state index contributed by atoms with van der Waals surface area (Å²) in [6.07, 6.45) is 0. The molecule has 3 aromatic rings. The predicted molar refractivity (Wildman–Crippen MR) is 109 cm³/mol. The number of hydrogen-bond donors (Lipinski definition) is 2. The van der Waals surface area contributed by atoms with E-state index in [-0.39, 0.29) is 27.4 Å². The number of methoxy groups -OCH3 is 1. The van der Waals surface area contributed by atoms with Crippen molar-refractivity contribution in [2.45, 2.75) is 4.90 Å². The summed E-state index contributed by atoms with van der Waals surface area (Å²) in [7, 11) is -2.83. The molecule has 1 amide bonds. The van der Waals surface area contributed by atoms with Crippen LogP contribution in [0.4, 0.5) is 15.8 Å². The van der Waals surface area contributed by atoms with Crippen molar-refractivity contribution in [1.82, 2.24) is 0 Å². The van der Waals surface area contributed by atoms with Crippen LogP contribution < -0.4 is 10.0 Å². The van der Waals surface area contributed by atoms with E-state index in [1.165, 1.54) is 31.4 Å². The van der Waals surface area contributed by atoms with E-state index in [4.69, 9.17) is 4.74 Å². The summed E-state index contributed by atoms with van der Waals surface area (Å²) in [6, 6.07) is 16.5. The summed E-state index contributed by atoms with van der Waals surface area (Å²) in [4.78, 5) is 24.6. The predicted octanol–water partition coefficient (Wildman–Crippen LogP) is 3.67. The molecule has 3 rings (SSSR count). The smallest absolute Gasteiger partial charge is 0.339 e. The fourth-order valence-electron chi connectivity index (χ4n) is 2.66. The van der Waals surface area contributed by atoms with Crippen LogP contribution in [0.15, 0.2) is 77.7 Å². The highest BCUT2D eigenvalue weighted by Gasteiger charge is 2.20. The van der Waals surface area contributed by atoms with Gasteiger partial charge in [0.15, 0.2) is 0 Å². The van der Waals surface area contributed by atoms with Crippen LogP contribution in [0.5, 0.6) is 0 Å². The zero-order valence-electron chi connectivity index (χ0n) is 15.8. The zero-order chi connectivity index (χ0) is 21.7. The molecule has 0 spiro atoms. The van der Waals surface area contributed by atoms with Gasteiger partial charge in [-0.05, 0) is 48.5 Å². The van der Waals surface area contributed by atoms with Gasteiger partial charge in [0.1, 0.15) is 5.82 Å². The van der Waals surface area contributed by atoms with Crippen molar-refractivity contribution >= 4 is 33.3 Å². The first-order valence-electron chi connectivity index (χ1n) is 8.68. The van der Waals surface area contributed by atoms with E-state index < -0.39 is 27.7 Å². The van der Waals surface area contributed by atoms with E-state index in [0.29, 0.717) is 0 Å². The van der Waals surface area contributed by atoms with E-state index in [9.17, 15) is 22.4 Å². The molecule has 0 fully saturated rings. The average Bonchev–Trinajstić information content (AvgIpc) is 2.74. The number of sulfonamides is 1. The number of ether oxygens (including phenoxy) is 1. The van der Waals surface area contributed by atoms with Gasteiger partial charge in [-0.25, -0.2) is 17.6 Å². The van der Waals surface area contributed by atoms with Crippen LogP contribution in [0.3, 0.4) is 0 Å². The lowest BCUT2D eigenvalue weighted by Gasteiger charge is -2.14. The van der Waals surface area contributed by atoms with Crippen molar-refractivity contribution in [3.8, 4) is 0 Å². The SMILES string of the molecule is COC(=O)c1ccccc1NC(=O)c1ccccc1NS(=O)(=O)c1ccc(F)cc1. The standard InChI is InChI=1S/C21H17FN2O5S/c1-29-21(26)17-7-3-4-8-18(17)23-20(25)16-6-2-5-9-19(16)24-30(27,28)15-12-10-14(22)11-13-15/h2-13,24H,1H3,(H,23,25). The van der Waals surface area contributed by atoms with Crippen LogP contribution in [0.1, 0.15) is 20.7 Å². The number of amides is 1. The van der Waals surface area contributed by atoms with E-state index in [2.05, 4.69) is 10.0 Å². The first-order chi connectivity index (χ1) is 14.3. The minimum Gasteiger partial charge on any atom is -0.465 e. The Morgan fingerprint density at radius 1 is 0.833 bits per heavy atom. The second-order valence-electron chi connectivity index (χ2n) is 6.10. The molecule has 0 unspecified atom stereocenters. The van der Waals surface area contributed by atoms with Crippen molar-refractivity contribution in [2.24, 2.45) is 0 Å². The third-order valence-corrected chi connectivity index (χ3v) is 5.50. The lowest BCUT2D eigenvalue weighted by Crippen LogP contribution is -2.19. The van der Waals surface area contributed by atoms with Gasteiger partial charge in [0.25, 0.3) is 15.9 Å². The lowest BCUT2D eigenvalue weighted by atomic mass is 10.1. The summed E-state index contributed by atoms with van der Waals surface area (Å²) in [5.74, 6) is -1.84. The first-order valence-corrected chi connectivity index (χ1v) is 10.2. The van der Waals surface area contributed by atoms with Gasteiger partial charge in [-0.3, -0.25) is 9.52 Å². The average molecular weight is 428 g/mol. The second kappa shape index (κ2) is 8.75. The molecule has 0 radical (unpaired) electrons. The van der Waals surface area contributed by atoms with Crippen LogP contribution in [0.25, 0.3) is 0 Å². The Morgan fingerprint density at radius 3 is 2.03 bits per heavy atom. The van der Waals surface area contributed by atoms with Crippen molar-refractivity contribution in [1.29, 1.82) is 0 Å².